The Hall–Kier alpha value is -0.230. The minimum atomic E-state index is 0.866. The van der Waals surface area contributed by atoms with Gasteiger partial charge in [0.05, 0.1) is 5.49 Å². The topological polar surface area (TPSA) is 73.3 Å². The van der Waals surface area contributed by atoms with E-state index in [0.717, 1.165) is 31.5 Å². The molecule has 0 bridgehead atoms. The summed E-state index contributed by atoms with van der Waals surface area (Å²) in [6.45, 7) is 1.77. The summed E-state index contributed by atoms with van der Waals surface area (Å²) < 4.78 is 4.87. The first kappa shape index (κ1) is 14.3. The van der Waals surface area contributed by atoms with Crippen molar-refractivity contribution in [2.75, 3.05) is 20.3 Å². The third-order valence-electron chi connectivity index (χ3n) is 1.17. The van der Waals surface area contributed by atoms with Crippen LogP contribution in [0, 0.1) is 0 Å². The first-order chi connectivity index (χ1) is 5.83. The van der Waals surface area contributed by atoms with Crippen molar-refractivity contribution in [2.45, 2.75) is 19.3 Å². The van der Waals surface area contributed by atoms with Crippen LogP contribution in [0.5, 0.6) is 0 Å². The fraction of sp³-hybridized carbons (Fsp3) is 0.857. The Kier molecular flexibility index (Phi) is 20.3. The summed E-state index contributed by atoms with van der Waals surface area (Å²) in [6, 6.07) is 0. The van der Waals surface area contributed by atoms with Crippen molar-refractivity contribution in [2.24, 2.45) is 11.6 Å². The Balaban J connectivity index is 0. The highest BCUT2D eigenvalue weighted by atomic mass is 32.1. The van der Waals surface area contributed by atoms with Gasteiger partial charge in [-0.25, -0.2) is 0 Å². The number of unbranched alkanes of at least 4 members (excludes halogenated alkanes) is 2. The van der Waals surface area contributed by atoms with E-state index < -0.39 is 0 Å². The zero-order chi connectivity index (χ0) is 9.66. The van der Waals surface area contributed by atoms with E-state index in [4.69, 9.17) is 10.6 Å². The zero-order valence-corrected chi connectivity index (χ0v) is 8.40. The molecule has 0 spiro atoms. The molecule has 0 aromatic heterocycles. The van der Waals surface area contributed by atoms with E-state index in [1.54, 1.807) is 7.11 Å². The SMILES string of the molecule is COCCCCCNN.NC=S. The molecule has 0 aromatic rings. The summed E-state index contributed by atoms with van der Waals surface area (Å²) in [4.78, 5) is 0. The van der Waals surface area contributed by atoms with Crippen LogP contribution in [0.1, 0.15) is 19.3 Å². The number of ether oxygens (including phenoxy) is 1. The van der Waals surface area contributed by atoms with Crippen molar-refractivity contribution < 1.29 is 4.74 Å². The van der Waals surface area contributed by atoms with Gasteiger partial charge in [-0.1, -0.05) is 12.2 Å². The monoisotopic (exact) mass is 193 g/mol. The zero-order valence-electron chi connectivity index (χ0n) is 7.58. The highest BCUT2D eigenvalue weighted by Crippen LogP contribution is 1.92. The fourth-order valence-electron chi connectivity index (χ4n) is 0.650. The Morgan fingerprint density at radius 1 is 1.42 bits per heavy atom. The lowest BCUT2D eigenvalue weighted by Crippen LogP contribution is -2.22. The van der Waals surface area contributed by atoms with Crippen molar-refractivity contribution in [3.63, 3.8) is 0 Å². The van der Waals surface area contributed by atoms with Crippen molar-refractivity contribution in [1.29, 1.82) is 0 Å². The van der Waals surface area contributed by atoms with Crippen LogP contribution in [0.4, 0.5) is 0 Å². The van der Waals surface area contributed by atoms with Crippen LogP contribution in [0.2, 0.25) is 0 Å². The second-order valence-corrected chi connectivity index (χ2v) is 2.42. The lowest BCUT2D eigenvalue weighted by molar-refractivity contribution is 0.192. The Morgan fingerprint density at radius 2 is 2.00 bits per heavy atom. The molecular formula is C7H19N3OS. The molecule has 0 atom stereocenters. The lowest BCUT2D eigenvalue weighted by Gasteiger charge is -1.98. The molecule has 0 aliphatic heterocycles. The molecule has 0 aliphatic rings. The van der Waals surface area contributed by atoms with Gasteiger partial charge in [-0.2, -0.15) is 0 Å². The van der Waals surface area contributed by atoms with Crippen molar-refractivity contribution in [3.05, 3.63) is 0 Å². The number of methoxy groups -OCH3 is 1. The number of hydrogen-bond acceptors (Lipinski definition) is 4. The van der Waals surface area contributed by atoms with Gasteiger partial charge in [-0.3, -0.25) is 11.3 Å². The molecule has 0 fully saturated rings. The van der Waals surface area contributed by atoms with Gasteiger partial charge in [0.25, 0.3) is 0 Å². The van der Waals surface area contributed by atoms with Crippen LogP contribution in [0.25, 0.3) is 0 Å². The molecule has 0 saturated carbocycles. The second kappa shape index (κ2) is 17.0. The minimum absolute atomic E-state index is 0.866. The summed E-state index contributed by atoms with van der Waals surface area (Å²) in [7, 11) is 1.72. The molecule has 4 nitrogen and oxygen atoms in total. The maximum atomic E-state index is 5.06. The summed E-state index contributed by atoms with van der Waals surface area (Å²) in [6.07, 6.45) is 3.47. The maximum absolute atomic E-state index is 5.06. The number of hydrazine groups is 1. The van der Waals surface area contributed by atoms with Crippen molar-refractivity contribution in [1.82, 2.24) is 5.43 Å². The van der Waals surface area contributed by atoms with Gasteiger partial charge in [0.1, 0.15) is 0 Å². The average molecular weight is 193 g/mol. The largest absolute Gasteiger partial charge is 0.396 e. The average Bonchev–Trinajstić information content (AvgIpc) is 2.06. The van der Waals surface area contributed by atoms with Crippen LogP contribution >= 0.6 is 12.2 Å². The summed E-state index contributed by atoms with van der Waals surface area (Å²) >= 11 is 4.05. The standard InChI is InChI=1S/C6H16N2O.CH3NS/c1-9-6-4-2-3-5-8-7;2-1-3/h8H,2-7H2,1H3;1H,(H2,2,3). The molecule has 0 unspecified atom stereocenters. The number of nitrogens with one attached hydrogen (secondary N) is 1. The fourth-order valence-corrected chi connectivity index (χ4v) is 0.650. The summed E-state index contributed by atoms with van der Waals surface area (Å²) in [5, 5.41) is 0. The van der Waals surface area contributed by atoms with E-state index in [0.29, 0.717) is 0 Å². The molecule has 0 rings (SSSR count). The molecule has 12 heavy (non-hydrogen) atoms. The first-order valence-corrected chi connectivity index (χ1v) is 4.38. The molecule has 0 aliphatic carbocycles. The van der Waals surface area contributed by atoms with Gasteiger partial charge in [0, 0.05) is 20.3 Å². The van der Waals surface area contributed by atoms with Gasteiger partial charge in [-0.05, 0) is 19.3 Å². The summed E-state index contributed by atoms with van der Waals surface area (Å²) in [5.41, 5.74) is 8.22. The quantitative estimate of drug-likeness (QED) is 0.243. The number of rotatable bonds is 6. The third-order valence-corrected chi connectivity index (χ3v) is 1.17. The van der Waals surface area contributed by atoms with E-state index >= 15 is 0 Å². The predicted octanol–water partition coefficient (Wildman–Crippen LogP) is 0.169. The Bertz CT molecular complexity index is 77.1. The number of thiocarbonyl (C=S) groups is 1. The van der Waals surface area contributed by atoms with E-state index in [1.807, 2.05) is 0 Å². The van der Waals surface area contributed by atoms with Gasteiger partial charge in [0.2, 0.25) is 0 Å². The van der Waals surface area contributed by atoms with Gasteiger partial charge < -0.3 is 10.5 Å². The molecule has 0 heterocycles. The van der Waals surface area contributed by atoms with Crippen molar-refractivity contribution >= 4 is 17.7 Å². The lowest BCUT2D eigenvalue weighted by atomic mass is 10.2. The smallest absolute Gasteiger partial charge is 0.0588 e. The normalized spacial score (nSPS) is 8.50. The third kappa shape index (κ3) is 22.6. The van der Waals surface area contributed by atoms with E-state index in [9.17, 15) is 0 Å². The highest BCUT2D eigenvalue weighted by Gasteiger charge is 1.85. The number of hydrogen-bond donors (Lipinski definition) is 3. The number of nitrogens with two attached hydrogens (primary N) is 2. The molecule has 0 saturated heterocycles. The van der Waals surface area contributed by atoms with Gasteiger partial charge in [0.15, 0.2) is 0 Å². The van der Waals surface area contributed by atoms with Crippen LogP contribution in [-0.4, -0.2) is 25.8 Å². The molecule has 5 N–H and O–H groups in total. The molecule has 0 amide bonds. The molecule has 0 aromatic carbocycles. The van der Waals surface area contributed by atoms with Gasteiger partial charge in [-0.15, -0.1) is 0 Å². The predicted molar refractivity (Wildman–Crippen MR) is 55.8 cm³/mol. The van der Waals surface area contributed by atoms with E-state index in [1.165, 1.54) is 6.42 Å². The highest BCUT2D eigenvalue weighted by molar-refractivity contribution is 7.78. The minimum Gasteiger partial charge on any atom is -0.396 e. The van der Waals surface area contributed by atoms with Crippen molar-refractivity contribution in [3.8, 4) is 0 Å². The van der Waals surface area contributed by atoms with Crippen LogP contribution in [0.3, 0.4) is 0 Å². The first-order valence-electron chi connectivity index (χ1n) is 3.91. The maximum Gasteiger partial charge on any atom is 0.0588 e. The molecule has 74 valence electrons. The van der Waals surface area contributed by atoms with Crippen LogP contribution in [-0.2, 0) is 4.74 Å². The van der Waals surface area contributed by atoms with E-state index in [-0.39, 0.29) is 0 Å². The molecular weight excluding hydrogens is 174 g/mol. The van der Waals surface area contributed by atoms with Crippen LogP contribution in [0.15, 0.2) is 0 Å². The van der Waals surface area contributed by atoms with E-state index in [2.05, 4.69) is 23.4 Å². The van der Waals surface area contributed by atoms with Gasteiger partial charge >= 0.3 is 0 Å². The Morgan fingerprint density at radius 3 is 2.42 bits per heavy atom. The summed E-state index contributed by atoms with van der Waals surface area (Å²) in [5.74, 6) is 5.06. The van der Waals surface area contributed by atoms with Crippen LogP contribution < -0.4 is 17.0 Å². The second-order valence-electron chi connectivity index (χ2n) is 2.14. The molecule has 0 radical (unpaired) electrons. The Labute approximate surface area is 79.6 Å². The molecule has 5 heteroatoms.